The number of aromatic nitrogens is 4. The average Bonchev–Trinajstić information content (AvgIpc) is 2.76. The van der Waals surface area contributed by atoms with Gasteiger partial charge >= 0.3 is 0 Å². The van der Waals surface area contributed by atoms with Crippen LogP contribution in [0.3, 0.4) is 0 Å². The molecular formula is C15H23N5. The van der Waals surface area contributed by atoms with Crippen LogP contribution in [-0.4, -0.2) is 26.3 Å². The van der Waals surface area contributed by atoms with Crippen LogP contribution in [0.25, 0.3) is 5.82 Å². The van der Waals surface area contributed by atoms with Gasteiger partial charge in [0.05, 0.1) is 5.69 Å². The average molecular weight is 273 g/mol. The Morgan fingerprint density at radius 1 is 1.15 bits per heavy atom. The minimum absolute atomic E-state index is 0.646. The van der Waals surface area contributed by atoms with Gasteiger partial charge in [-0.2, -0.15) is 5.10 Å². The molecule has 2 aromatic rings. The molecule has 0 atom stereocenters. The number of nitrogens with two attached hydrogens (primary N) is 1. The summed E-state index contributed by atoms with van der Waals surface area (Å²) in [5.41, 5.74) is 10.3. The first-order valence-corrected chi connectivity index (χ1v) is 7.23. The normalized spacial score (nSPS) is 11.1. The Morgan fingerprint density at radius 3 is 2.45 bits per heavy atom. The Morgan fingerprint density at radius 2 is 1.90 bits per heavy atom. The minimum Gasteiger partial charge on any atom is -0.330 e. The van der Waals surface area contributed by atoms with E-state index in [-0.39, 0.29) is 0 Å². The van der Waals surface area contributed by atoms with E-state index in [1.54, 1.807) is 0 Å². The van der Waals surface area contributed by atoms with Crippen molar-refractivity contribution in [2.75, 3.05) is 6.54 Å². The predicted molar refractivity (Wildman–Crippen MR) is 80.1 cm³/mol. The highest BCUT2D eigenvalue weighted by atomic mass is 15.3. The first-order valence-electron chi connectivity index (χ1n) is 7.23. The van der Waals surface area contributed by atoms with Crippen LogP contribution in [0, 0.1) is 13.8 Å². The monoisotopic (exact) mass is 273 g/mol. The van der Waals surface area contributed by atoms with Gasteiger partial charge in [-0.15, -0.1) is 0 Å². The standard InChI is InChI=1S/C15H23N5/c1-5-13-12(7-8-16)14(6-2)20(19-13)15-9-10(3)17-11(4)18-15/h9H,5-8,16H2,1-4H3. The largest absolute Gasteiger partial charge is 0.330 e. The van der Waals surface area contributed by atoms with Crippen LogP contribution in [0.5, 0.6) is 0 Å². The molecule has 2 rings (SSSR count). The summed E-state index contributed by atoms with van der Waals surface area (Å²) in [6, 6.07) is 1.98. The molecule has 0 aromatic carbocycles. The Kier molecular flexibility index (Phi) is 4.49. The van der Waals surface area contributed by atoms with Crippen molar-refractivity contribution in [2.24, 2.45) is 5.73 Å². The molecule has 0 bridgehead atoms. The molecular weight excluding hydrogens is 250 g/mol. The van der Waals surface area contributed by atoms with E-state index in [4.69, 9.17) is 10.8 Å². The number of rotatable bonds is 5. The number of hydrogen-bond acceptors (Lipinski definition) is 4. The zero-order valence-electron chi connectivity index (χ0n) is 12.8. The summed E-state index contributed by atoms with van der Waals surface area (Å²) in [7, 11) is 0. The van der Waals surface area contributed by atoms with Crippen molar-refractivity contribution < 1.29 is 0 Å². The first-order chi connectivity index (χ1) is 9.60. The van der Waals surface area contributed by atoms with Gasteiger partial charge in [0.2, 0.25) is 0 Å². The fraction of sp³-hybridized carbons (Fsp3) is 0.533. The summed E-state index contributed by atoms with van der Waals surface area (Å²) in [4.78, 5) is 8.85. The van der Waals surface area contributed by atoms with Gasteiger partial charge in [-0.25, -0.2) is 14.6 Å². The smallest absolute Gasteiger partial charge is 0.157 e. The lowest BCUT2D eigenvalue weighted by atomic mass is 10.1. The Labute approximate surface area is 120 Å². The topological polar surface area (TPSA) is 69.6 Å². The second-order valence-corrected chi connectivity index (χ2v) is 4.94. The van der Waals surface area contributed by atoms with Crippen LogP contribution in [0.15, 0.2) is 6.07 Å². The molecule has 5 nitrogen and oxygen atoms in total. The van der Waals surface area contributed by atoms with Crippen molar-refractivity contribution >= 4 is 0 Å². The molecule has 0 amide bonds. The molecule has 2 N–H and O–H groups in total. The van der Waals surface area contributed by atoms with Gasteiger partial charge in [-0.1, -0.05) is 13.8 Å². The second kappa shape index (κ2) is 6.13. The fourth-order valence-electron chi connectivity index (χ4n) is 2.61. The summed E-state index contributed by atoms with van der Waals surface area (Å²) >= 11 is 0. The molecule has 0 unspecified atom stereocenters. The molecule has 2 heterocycles. The van der Waals surface area contributed by atoms with Gasteiger partial charge in [0.1, 0.15) is 5.82 Å². The van der Waals surface area contributed by atoms with Gasteiger partial charge in [-0.05, 0) is 45.2 Å². The van der Waals surface area contributed by atoms with Crippen molar-refractivity contribution in [3.63, 3.8) is 0 Å². The van der Waals surface area contributed by atoms with E-state index < -0.39 is 0 Å². The van der Waals surface area contributed by atoms with Gasteiger partial charge in [0.25, 0.3) is 0 Å². The van der Waals surface area contributed by atoms with Crippen molar-refractivity contribution in [3.05, 3.63) is 34.5 Å². The van der Waals surface area contributed by atoms with Crippen LogP contribution in [-0.2, 0) is 19.3 Å². The Bertz CT molecular complexity index is 580. The van der Waals surface area contributed by atoms with E-state index >= 15 is 0 Å². The third-order valence-electron chi connectivity index (χ3n) is 3.41. The minimum atomic E-state index is 0.646. The predicted octanol–water partition coefficient (Wildman–Crippen LogP) is 1.91. The highest BCUT2D eigenvalue weighted by molar-refractivity contribution is 5.35. The summed E-state index contributed by atoms with van der Waals surface area (Å²) in [6.07, 6.45) is 2.71. The zero-order valence-corrected chi connectivity index (χ0v) is 12.8. The van der Waals surface area contributed by atoms with Crippen LogP contribution >= 0.6 is 0 Å². The van der Waals surface area contributed by atoms with Crippen LogP contribution in [0.2, 0.25) is 0 Å². The van der Waals surface area contributed by atoms with Crippen molar-refractivity contribution in [2.45, 2.75) is 47.0 Å². The maximum absolute atomic E-state index is 5.74. The highest BCUT2D eigenvalue weighted by Gasteiger charge is 2.17. The SMILES string of the molecule is CCc1nn(-c2cc(C)nc(C)n2)c(CC)c1CCN. The molecule has 0 aliphatic carbocycles. The number of hydrogen-bond donors (Lipinski definition) is 1. The van der Waals surface area contributed by atoms with Crippen LogP contribution < -0.4 is 5.73 Å². The maximum Gasteiger partial charge on any atom is 0.157 e. The molecule has 5 heteroatoms. The molecule has 2 aromatic heterocycles. The van der Waals surface area contributed by atoms with Crippen LogP contribution in [0.1, 0.15) is 42.3 Å². The molecule has 0 aliphatic heterocycles. The third kappa shape index (κ3) is 2.72. The lowest BCUT2D eigenvalue weighted by molar-refractivity contribution is 0.758. The van der Waals surface area contributed by atoms with Gasteiger partial charge in [-0.3, -0.25) is 0 Å². The van der Waals surface area contributed by atoms with Crippen molar-refractivity contribution in [1.29, 1.82) is 0 Å². The van der Waals surface area contributed by atoms with E-state index in [1.807, 2.05) is 24.6 Å². The number of aryl methyl sites for hydroxylation is 3. The molecule has 0 radical (unpaired) electrons. The van der Waals surface area contributed by atoms with Crippen LogP contribution in [0.4, 0.5) is 0 Å². The highest BCUT2D eigenvalue weighted by Crippen LogP contribution is 2.20. The van der Waals surface area contributed by atoms with E-state index in [1.165, 1.54) is 11.3 Å². The quantitative estimate of drug-likeness (QED) is 0.903. The maximum atomic E-state index is 5.74. The number of nitrogens with zero attached hydrogens (tertiary/aromatic N) is 4. The van der Waals surface area contributed by atoms with E-state index in [0.29, 0.717) is 6.54 Å². The molecule has 0 spiro atoms. The lowest BCUT2D eigenvalue weighted by Crippen LogP contribution is -2.09. The Hall–Kier alpha value is -1.75. The summed E-state index contributed by atoms with van der Waals surface area (Å²) < 4.78 is 1.96. The van der Waals surface area contributed by atoms with Gasteiger partial charge < -0.3 is 5.73 Å². The molecule has 0 aliphatic rings. The fourth-order valence-corrected chi connectivity index (χ4v) is 2.61. The molecule has 0 saturated carbocycles. The molecule has 0 fully saturated rings. The zero-order chi connectivity index (χ0) is 14.7. The Balaban J connectivity index is 2.60. The first kappa shape index (κ1) is 14.7. The van der Waals surface area contributed by atoms with E-state index in [0.717, 1.165) is 42.3 Å². The van der Waals surface area contributed by atoms with E-state index in [9.17, 15) is 0 Å². The summed E-state index contributed by atoms with van der Waals surface area (Å²) in [5.74, 6) is 1.63. The summed E-state index contributed by atoms with van der Waals surface area (Å²) in [6.45, 7) is 8.81. The molecule has 20 heavy (non-hydrogen) atoms. The van der Waals surface area contributed by atoms with Crippen molar-refractivity contribution in [1.82, 2.24) is 19.7 Å². The van der Waals surface area contributed by atoms with E-state index in [2.05, 4.69) is 23.8 Å². The molecule has 108 valence electrons. The third-order valence-corrected chi connectivity index (χ3v) is 3.41. The lowest BCUT2D eigenvalue weighted by Gasteiger charge is -2.08. The summed E-state index contributed by atoms with van der Waals surface area (Å²) in [5, 5.41) is 4.74. The van der Waals surface area contributed by atoms with Gasteiger partial charge in [0.15, 0.2) is 5.82 Å². The second-order valence-electron chi connectivity index (χ2n) is 4.94. The molecule has 0 saturated heterocycles. The van der Waals surface area contributed by atoms with Crippen molar-refractivity contribution in [3.8, 4) is 5.82 Å². The van der Waals surface area contributed by atoms with Gasteiger partial charge in [0, 0.05) is 17.5 Å².